The van der Waals surface area contributed by atoms with Gasteiger partial charge in [-0.05, 0) is 37.5 Å². The molecular formula is C14H16FN3O2. The van der Waals surface area contributed by atoms with Gasteiger partial charge in [-0.1, -0.05) is 0 Å². The topological polar surface area (TPSA) is 84.2 Å². The SMILES string of the molecule is NC(=O)c1cc(NC(=O)C2CC3CCC2N3)ccc1F. The van der Waals surface area contributed by atoms with Crippen LogP contribution >= 0.6 is 0 Å². The maximum atomic E-state index is 13.4. The minimum Gasteiger partial charge on any atom is -0.366 e. The van der Waals surface area contributed by atoms with Gasteiger partial charge in [-0.25, -0.2) is 4.39 Å². The molecule has 2 heterocycles. The second-order valence-electron chi connectivity index (χ2n) is 5.44. The van der Waals surface area contributed by atoms with Crippen molar-refractivity contribution in [1.82, 2.24) is 5.32 Å². The lowest BCUT2D eigenvalue weighted by atomic mass is 9.88. The number of rotatable bonds is 3. The molecule has 1 aromatic rings. The van der Waals surface area contributed by atoms with Crippen LogP contribution < -0.4 is 16.4 Å². The second-order valence-corrected chi connectivity index (χ2v) is 5.44. The van der Waals surface area contributed by atoms with Gasteiger partial charge in [0, 0.05) is 17.8 Å². The van der Waals surface area contributed by atoms with E-state index in [-0.39, 0.29) is 23.4 Å². The van der Waals surface area contributed by atoms with Crippen LogP contribution in [-0.4, -0.2) is 23.9 Å². The molecule has 3 atom stereocenters. The maximum absolute atomic E-state index is 13.4. The van der Waals surface area contributed by atoms with Gasteiger partial charge in [-0.3, -0.25) is 9.59 Å². The Bertz CT molecular complexity index is 576. The molecule has 6 heteroatoms. The number of benzene rings is 1. The van der Waals surface area contributed by atoms with Crippen molar-refractivity contribution in [3.63, 3.8) is 0 Å². The van der Waals surface area contributed by atoms with Crippen LogP contribution in [0.2, 0.25) is 0 Å². The predicted molar refractivity (Wildman–Crippen MR) is 71.6 cm³/mol. The van der Waals surface area contributed by atoms with E-state index >= 15 is 0 Å². The minimum absolute atomic E-state index is 0.0594. The molecule has 3 unspecified atom stereocenters. The highest BCUT2D eigenvalue weighted by Crippen LogP contribution is 2.33. The van der Waals surface area contributed by atoms with E-state index < -0.39 is 11.7 Å². The molecule has 0 aliphatic carbocycles. The highest BCUT2D eigenvalue weighted by atomic mass is 19.1. The number of carbonyl (C=O) groups excluding carboxylic acids is 2. The summed E-state index contributed by atoms with van der Waals surface area (Å²) in [4.78, 5) is 23.3. The monoisotopic (exact) mass is 277 g/mol. The van der Waals surface area contributed by atoms with Gasteiger partial charge in [-0.15, -0.1) is 0 Å². The van der Waals surface area contributed by atoms with Crippen molar-refractivity contribution in [2.45, 2.75) is 31.3 Å². The number of amides is 2. The summed E-state index contributed by atoms with van der Waals surface area (Å²) in [6, 6.07) is 4.51. The number of primary amides is 1. The smallest absolute Gasteiger partial charge is 0.251 e. The van der Waals surface area contributed by atoms with E-state index in [1.807, 2.05) is 0 Å². The molecule has 1 aromatic carbocycles. The zero-order valence-corrected chi connectivity index (χ0v) is 10.9. The Hall–Kier alpha value is -1.95. The van der Waals surface area contributed by atoms with Gasteiger partial charge >= 0.3 is 0 Å². The fourth-order valence-electron chi connectivity index (χ4n) is 3.14. The first-order valence-electron chi connectivity index (χ1n) is 6.71. The molecule has 2 aliphatic rings. The first-order valence-corrected chi connectivity index (χ1v) is 6.71. The van der Waals surface area contributed by atoms with Crippen molar-refractivity contribution in [3.05, 3.63) is 29.6 Å². The van der Waals surface area contributed by atoms with Gasteiger partial charge in [-0.2, -0.15) is 0 Å². The number of carbonyl (C=O) groups is 2. The quantitative estimate of drug-likeness (QED) is 0.770. The zero-order valence-electron chi connectivity index (χ0n) is 10.9. The third kappa shape index (κ3) is 2.27. The molecule has 0 spiro atoms. The predicted octanol–water partition coefficient (Wildman–Crippen LogP) is 1.00. The van der Waals surface area contributed by atoms with Crippen LogP contribution in [0.25, 0.3) is 0 Å². The molecule has 2 bridgehead atoms. The van der Waals surface area contributed by atoms with Gasteiger partial charge in [0.15, 0.2) is 0 Å². The van der Waals surface area contributed by atoms with Crippen LogP contribution in [-0.2, 0) is 4.79 Å². The standard InChI is InChI=1S/C14H16FN3O2/c15-11-3-1-8(5-9(11)13(16)19)18-14(20)10-6-7-2-4-12(10)17-7/h1,3,5,7,10,12,17H,2,4,6H2,(H2,16,19)(H,18,20). The summed E-state index contributed by atoms with van der Waals surface area (Å²) in [5.41, 5.74) is 5.27. The summed E-state index contributed by atoms with van der Waals surface area (Å²) in [6.07, 6.45) is 2.97. The van der Waals surface area contributed by atoms with E-state index in [0.29, 0.717) is 11.7 Å². The maximum Gasteiger partial charge on any atom is 0.251 e. The summed E-state index contributed by atoms with van der Waals surface area (Å²) in [5.74, 6) is -1.68. The van der Waals surface area contributed by atoms with Gasteiger partial charge in [0.05, 0.1) is 11.5 Å². The fraction of sp³-hybridized carbons (Fsp3) is 0.429. The van der Waals surface area contributed by atoms with Crippen molar-refractivity contribution in [1.29, 1.82) is 0 Å². The van der Waals surface area contributed by atoms with Crippen LogP contribution in [0, 0.1) is 11.7 Å². The average Bonchev–Trinajstić information content (AvgIpc) is 3.03. The molecule has 5 nitrogen and oxygen atoms in total. The first kappa shape index (κ1) is 13.1. The molecule has 2 fully saturated rings. The zero-order chi connectivity index (χ0) is 14.3. The Morgan fingerprint density at radius 2 is 2.15 bits per heavy atom. The third-order valence-corrected chi connectivity index (χ3v) is 4.14. The fourth-order valence-corrected chi connectivity index (χ4v) is 3.14. The highest BCUT2D eigenvalue weighted by Gasteiger charge is 2.42. The van der Waals surface area contributed by atoms with Gasteiger partial charge in [0.1, 0.15) is 5.82 Å². The molecule has 2 saturated heterocycles. The third-order valence-electron chi connectivity index (χ3n) is 4.14. The Kier molecular flexibility index (Phi) is 3.17. The van der Waals surface area contributed by atoms with Crippen LogP contribution in [0.15, 0.2) is 18.2 Å². The number of nitrogens with two attached hydrogens (primary N) is 1. The molecule has 0 saturated carbocycles. The number of nitrogens with one attached hydrogen (secondary N) is 2. The lowest BCUT2D eigenvalue weighted by molar-refractivity contribution is -0.120. The van der Waals surface area contributed by atoms with E-state index in [4.69, 9.17) is 5.73 Å². The van der Waals surface area contributed by atoms with E-state index in [0.717, 1.165) is 25.3 Å². The van der Waals surface area contributed by atoms with Gasteiger partial charge in [0.25, 0.3) is 5.91 Å². The summed E-state index contributed by atoms with van der Waals surface area (Å²) in [7, 11) is 0. The molecular weight excluding hydrogens is 261 g/mol. The largest absolute Gasteiger partial charge is 0.366 e. The van der Waals surface area contributed by atoms with Crippen molar-refractivity contribution < 1.29 is 14.0 Å². The van der Waals surface area contributed by atoms with E-state index in [2.05, 4.69) is 10.6 Å². The van der Waals surface area contributed by atoms with Crippen LogP contribution in [0.5, 0.6) is 0 Å². The first-order chi connectivity index (χ1) is 9.54. The van der Waals surface area contributed by atoms with Crippen LogP contribution in [0.1, 0.15) is 29.6 Å². The molecule has 2 aliphatic heterocycles. The average molecular weight is 277 g/mol. The molecule has 20 heavy (non-hydrogen) atoms. The Balaban J connectivity index is 1.73. The number of halogens is 1. The van der Waals surface area contributed by atoms with E-state index in [1.54, 1.807) is 0 Å². The summed E-state index contributed by atoms with van der Waals surface area (Å²) >= 11 is 0. The number of anilines is 1. The molecule has 0 aromatic heterocycles. The summed E-state index contributed by atoms with van der Waals surface area (Å²) < 4.78 is 13.4. The van der Waals surface area contributed by atoms with Crippen LogP contribution in [0.4, 0.5) is 10.1 Å². The van der Waals surface area contributed by atoms with Crippen molar-refractivity contribution in [2.75, 3.05) is 5.32 Å². The van der Waals surface area contributed by atoms with Crippen LogP contribution in [0.3, 0.4) is 0 Å². The number of fused-ring (bicyclic) bond motifs is 2. The number of hydrogen-bond donors (Lipinski definition) is 3. The minimum atomic E-state index is -0.847. The van der Waals surface area contributed by atoms with Crippen molar-refractivity contribution >= 4 is 17.5 Å². The molecule has 0 radical (unpaired) electrons. The summed E-state index contributed by atoms with van der Waals surface area (Å²) in [5, 5.41) is 6.13. The van der Waals surface area contributed by atoms with E-state index in [9.17, 15) is 14.0 Å². The highest BCUT2D eigenvalue weighted by molar-refractivity contribution is 5.97. The van der Waals surface area contributed by atoms with Crippen molar-refractivity contribution in [2.24, 2.45) is 11.7 Å². The Morgan fingerprint density at radius 1 is 1.35 bits per heavy atom. The van der Waals surface area contributed by atoms with E-state index in [1.165, 1.54) is 12.1 Å². The number of hydrogen-bond acceptors (Lipinski definition) is 3. The van der Waals surface area contributed by atoms with Gasteiger partial charge < -0.3 is 16.4 Å². The lowest BCUT2D eigenvalue weighted by Crippen LogP contribution is -2.32. The molecule has 3 rings (SSSR count). The lowest BCUT2D eigenvalue weighted by Gasteiger charge is -2.19. The molecule has 2 amide bonds. The van der Waals surface area contributed by atoms with Gasteiger partial charge in [0.2, 0.25) is 5.91 Å². The second kappa shape index (κ2) is 4.86. The molecule has 106 valence electrons. The van der Waals surface area contributed by atoms with Crippen molar-refractivity contribution in [3.8, 4) is 0 Å². The Morgan fingerprint density at radius 3 is 2.75 bits per heavy atom. The Labute approximate surface area is 115 Å². The normalized spacial score (nSPS) is 27.6. The summed E-state index contributed by atoms with van der Waals surface area (Å²) in [6.45, 7) is 0. The molecule has 4 N–H and O–H groups in total.